The molecule has 13 rings (SSSR count). The number of nitrogens with zero attached hydrogens (tertiary/aromatic N) is 1. The number of fused-ring (bicyclic) bond motifs is 5. The van der Waals surface area contributed by atoms with E-state index in [2.05, 4.69) is 156 Å². The smallest absolute Gasteiger partial charge is 0.266 e. The lowest BCUT2D eigenvalue weighted by molar-refractivity contribution is 0.0892. The first-order valence-corrected chi connectivity index (χ1v) is 29.6. The van der Waals surface area contributed by atoms with Gasteiger partial charge in [0.05, 0.1) is 16.8 Å². The highest BCUT2D eigenvalue weighted by Gasteiger charge is 2.42. The van der Waals surface area contributed by atoms with Gasteiger partial charge in [0.1, 0.15) is 46.0 Å². The van der Waals surface area contributed by atoms with Crippen molar-refractivity contribution in [3.8, 4) is 68.2 Å². The molecule has 1 heterocycles. The lowest BCUT2D eigenvalue weighted by Gasteiger charge is -2.34. The zero-order chi connectivity index (χ0) is 57.9. The van der Waals surface area contributed by atoms with Crippen LogP contribution in [0.15, 0.2) is 164 Å². The molecule has 0 N–H and O–H groups in total. The van der Waals surface area contributed by atoms with Gasteiger partial charge in [0, 0.05) is 37.7 Å². The molecular weight excluding hydrogens is 1020 g/mol. The standard InChI is InChI=1S/C76H69NO6/c1-40(2)46-24-15-19-32-58(46)80-62-36-54-52-28-13-14-29-53(52)55-37-63(81-59-33-20-16-25-47(59)41(3)4)69-71-65(83-61-35-22-18-27-49(61)43(7)8)39-57-67-56(75(78)77(76(57)79)74-50(44(9)10)30-23-31-51(74)45(11)12)38-64(70(73(67)71)68(62)72(69)66(54)55)82-60-34-21-17-26-48(60)42(5)6/h13-45H,1-12H3. The van der Waals surface area contributed by atoms with Crippen LogP contribution in [-0.2, 0) is 0 Å². The Morgan fingerprint density at radius 2 is 0.506 bits per heavy atom. The first kappa shape index (κ1) is 53.4. The van der Waals surface area contributed by atoms with Gasteiger partial charge < -0.3 is 18.9 Å². The molecule has 0 saturated heterocycles. The molecule has 0 saturated carbocycles. The van der Waals surface area contributed by atoms with Crippen molar-refractivity contribution < 1.29 is 28.5 Å². The van der Waals surface area contributed by atoms with Crippen LogP contribution in [0, 0.1) is 0 Å². The molecule has 0 fully saturated rings. The van der Waals surface area contributed by atoms with Crippen LogP contribution in [0.25, 0.3) is 65.3 Å². The average Bonchev–Trinajstić information content (AvgIpc) is 1.68. The fourth-order valence-corrected chi connectivity index (χ4v) is 13.2. The second-order valence-electron chi connectivity index (χ2n) is 24.5. The summed E-state index contributed by atoms with van der Waals surface area (Å²) in [7, 11) is 0. The van der Waals surface area contributed by atoms with Crippen molar-refractivity contribution in [2.24, 2.45) is 0 Å². The third-order valence-corrected chi connectivity index (χ3v) is 17.1. The zero-order valence-corrected chi connectivity index (χ0v) is 49.4. The number of amides is 2. The van der Waals surface area contributed by atoms with Crippen molar-refractivity contribution in [2.45, 2.75) is 119 Å². The van der Waals surface area contributed by atoms with E-state index >= 15 is 9.59 Å². The molecule has 11 aromatic rings. The number of hydrogen-bond donors (Lipinski definition) is 0. The van der Waals surface area contributed by atoms with E-state index in [4.69, 9.17) is 18.9 Å². The Hall–Kier alpha value is -8.94. The van der Waals surface area contributed by atoms with Crippen LogP contribution in [0.2, 0.25) is 0 Å². The highest BCUT2D eigenvalue weighted by atomic mass is 16.5. The monoisotopic (exact) mass is 1090 g/mol. The molecule has 11 aromatic carbocycles. The molecule has 1 aliphatic heterocycles. The fourth-order valence-electron chi connectivity index (χ4n) is 13.2. The van der Waals surface area contributed by atoms with Gasteiger partial charge in [-0.3, -0.25) is 9.59 Å². The summed E-state index contributed by atoms with van der Waals surface area (Å²) in [6, 6.07) is 55.6. The molecule has 2 aliphatic rings. The van der Waals surface area contributed by atoms with Gasteiger partial charge in [0.2, 0.25) is 0 Å². The summed E-state index contributed by atoms with van der Waals surface area (Å²) in [4.78, 5) is 34.3. The average molecular weight is 1090 g/mol. The van der Waals surface area contributed by atoms with Crippen LogP contribution in [0.3, 0.4) is 0 Å². The van der Waals surface area contributed by atoms with E-state index < -0.39 is 11.8 Å². The lowest BCUT2D eigenvalue weighted by Crippen LogP contribution is -2.42. The Morgan fingerprint density at radius 3 is 0.807 bits per heavy atom. The van der Waals surface area contributed by atoms with Crippen molar-refractivity contribution in [1.29, 1.82) is 0 Å². The van der Waals surface area contributed by atoms with Gasteiger partial charge in [-0.25, -0.2) is 4.90 Å². The fraction of sp³-hybridized carbons (Fsp3) is 0.237. The summed E-state index contributed by atoms with van der Waals surface area (Å²) in [5.74, 6) is 4.33. The molecule has 0 unspecified atom stereocenters. The molecule has 0 spiro atoms. The van der Waals surface area contributed by atoms with Crippen LogP contribution in [-0.4, -0.2) is 11.8 Å². The summed E-state index contributed by atoms with van der Waals surface area (Å²) in [5.41, 5.74) is 11.4. The Labute approximate surface area is 486 Å². The van der Waals surface area contributed by atoms with Crippen LogP contribution in [0.5, 0.6) is 46.0 Å². The maximum Gasteiger partial charge on any atom is 0.266 e. The topological polar surface area (TPSA) is 74.3 Å². The molecule has 83 heavy (non-hydrogen) atoms. The molecular formula is C76H69NO6. The van der Waals surface area contributed by atoms with Crippen molar-refractivity contribution in [1.82, 2.24) is 0 Å². The van der Waals surface area contributed by atoms with Crippen LogP contribution in [0.1, 0.15) is 173 Å². The normalized spacial score (nSPS) is 13.0. The van der Waals surface area contributed by atoms with Gasteiger partial charge >= 0.3 is 0 Å². The van der Waals surface area contributed by atoms with Crippen molar-refractivity contribution in [3.63, 3.8) is 0 Å². The number of imide groups is 1. The van der Waals surface area contributed by atoms with Crippen LogP contribution >= 0.6 is 0 Å². The molecule has 2 amide bonds. The highest BCUT2D eigenvalue weighted by molar-refractivity contribution is 6.46. The summed E-state index contributed by atoms with van der Waals surface area (Å²) < 4.78 is 30.3. The quantitative estimate of drug-likeness (QED) is 0.0578. The van der Waals surface area contributed by atoms with E-state index in [1.54, 1.807) is 0 Å². The number of carbonyl (C=O) groups excluding carboxylic acids is 2. The molecule has 414 valence electrons. The molecule has 0 radical (unpaired) electrons. The minimum atomic E-state index is -0.435. The molecule has 0 aromatic heterocycles. The summed E-state index contributed by atoms with van der Waals surface area (Å²) in [5, 5.41) is 5.91. The van der Waals surface area contributed by atoms with E-state index in [9.17, 15) is 0 Å². The molecule has 7 nitrogen and oxygen atoms in total. The zero-order valence-electron chi connectivity index (χ0n) is 49.4. The van der Waals surface area contributed by atoms with Crippen LogP contribution in [0.4, 0.5) is 5.69 Å². The Kier molecular flexibility index (Phi) is 13.2. The summed E-state index contributed by atoms with van der Waals surface area (Å²) in [6.07, 6.45) is 0. The predicted octanol–water partition coefficient (Wildman–Crippen LogP) is 22.1. The van der Waals surface area contributed by atoms with E-state index in [0.717, 1.165) is 88.7 Å². The van der Waals surface area contributed by atoms with Gasteiger partial charge in [-0.2, -0.15) is 0 Å². The lowest BCUT2D eigenvalue weighted by atomic mass is 9.81. The Bertz CT molecular complexity index is 4190. The Balaban J connectivity index is 1.29. The number of benzene rings is 11. The van der Waals surface area contributed by atoms with Crippen LogP contribution < -0.4 is 23.8 Å². The van der Waals surface area contributed by atoms with Crippen molar-refractivity contribution >= 4 is 60.6 Å². The Morgan fingerprint density at radius 1 is 0.253 bits per heavy atom. The number of para-hydroxylation sites is 5. The van der Waals surface area contributed by atoms with Gasteiger partial charge in [-0.1, -0.05) is 198 Å². The van der Waals surface area contributed by atoms with Gasteiger partial charge in [0.15, 0.2) is 0 Å². The van der Waals surface area contributed by atoms with E-state index in [-0.39, 0.29) is 35.5 Å². The number of carbonyl (C=O) groups is 2. The van der Waals surface area contributed by atoms with Gasteiger partial charge in [0.25, 0.3) is 11.8 Å². The predicted molar refractivity (Wildman–Crippen MR) is 340 cm³/mol. The van der Waals surface area contributed by atoms with E-state index in [1.807, 2.05) is 91.0 Å². The molecule has 1 aliphatic carbocycles. The SMILES string of the molecule is CC(C)c1ccccc1Oc1cc2c3c(cc(Oc4ccccc4C(C)C)c4c5c(Oc6ccccc6C(C)C)cc6c7c(cc(Oc8ccccc8C(C)C)c(c1c34)c75)-c1ccccc1-6)C(=O)N(c1c(C(C)C)cccc1C(C)C)C2=O. The van der Waals surface area contributed by atoms with Crippen molar-refractivity contribution in [2.75, 3.05) is 4.90 Å². The number of rotatable bonds is 15. The number of anilines is 1. The second-order valence-corrected chi connectivity index (χ2v) is 24.5. The number of ether oxygens (including phenoxy) is 4. The largest absolute Gasteiger partial charge is 0.456 e. The molecule has 0 atom stereocenters. The number of hydrogen-bond acceptors (Lipinski definition) is 6. The van der Waals surface area contributed by atoms with Gasteiger partial charge in [-0.15, -0.1) is 0 Å². The maximum absolute atomic E-state index is 16.4. The summed E-state index contributed by atoms with van der Waals surface area (Å²) in [6.45, 7) is 25.8. The second kappa shape index (κ2) is 20.5. The molecule has 7 heteroatoms. The molecule has 0 bridgehead atoms. The minimum absolute atomic E-state index is 0.0158. The van der Waals surface area contributed by atoms with Crippen molar-refractivity contribution in [3.05, 3.63) is 208 Å². The first-order valence-electron chi connectivity index (χ1n) is 29.6. The highest BCUT2D eigenvalue weighted by Crippen LogP contribution is 2.62. The van der Waals surface area contributed by atoms with Gasteiger partial charge in [-0.05, 0) is 145 Å². The third-order valence-electron chi connectivity index (χ3n) is 17.1. The summed E-state index contributed by atoms with van der Waals surface area (Å²) >= 11 is 0. The maximum atomic E-state index is 16.4. The van der Waals surface area contributed by atoms with E-state index in [0.29, 0.717) is 72.9 Å². The third kappa shape index (κ3) is 8.52. The first-order chi connectivity index (χ1) is 40.0. The van der Waals surface area contributed by atoms with E-state index in [1.165, 1.54) is 4.90 Å². The minimum Gasteiger partial charge on any atom is -0.456 e.